The first-order valence-electron chi connectivity index (χ1n) is 9.43. The number of nitrogens with one attached hydrogen (secondary N) is 1. The van der Waals surface area contributed by atoms with E-state index in [1.165, 1.54) is 5.56 Å². The number of nitrogens with zero attached hydrogens (tertiary/aromatic N) is 3. The van der Waals surface area contributed by atoms with Crippen LogP contribution in [0.5, 0.6) is 11.5 Å². The molecule has 152 valence electrons. The third kappa shape index (κ3) is 6.39. The molecule has 1 aromatic carbocycles. The monoisotopic (exact) mass is 490 g/mol. The molecule has 2 aliphatic rings. The summed E-state index contributed by atoms with van der Waals surface area (Å²) in [5.41, 5.74) is 1.27. The number of ether oxygens (including phenoxy) is 3. The predicted molar refractivity (Wildman–Crippen MR) is 117 cm³/mol. The van der Waals surface area contributed by atoms with Gasteiger partial charge in [-0.25, -0.2) is 0 Å². The fourth-order valence-corrected chi connectivity index (χ4v) is 3.23. The van der Waals surface area contributed by atoms with Crippen LogP contribution in [0.4, 0.5) is 0 Å². The van der Waals surface area contributed by atoms with E-state index in [2.05, 4.69) is 34.2 Å². The lowest BCUT2D eigenvalue weighted by Crippen LogP contribution is -2.52. The van der Waals surface area contributed by atoms with Crippen molar-refractivity contribution in [1.29, 1.82) is 0 Å². The Bertz CT molecular complexity index is 607. The molecule has 0 atom stereocenters. The fraction of sp³-hybridized carbons (Fsp3) is 0.632. The molecule has 7 nitrogen and oxygen atoms in total. The minimum Gasteiger partial charge on any atom is -0.454 e. The standard InChI is InChI=1S/C19H30N4O3.HI/c1-3-20-19(21-7-4-12-24-2)23-10-8-22(9-11-23)14-16-5-6-17-18(13-16)26-15-25-17;/h5-6,13H,3-4,7-12,14-15H2,1-2H3,(H,20,21);1H. The van der Waals surface area contributed by atoms with E-state index in [0.29, 0.717) is 6.79 Å². The molecule has 1 N–H and O–H groups in total. The molecule has 1 saturated heterocycles. The fourth-order valence-electron chi connectivity index (χ4n) is 3.23. The topological polar surface area (TPSA) is 58.6 Å². The van der Waals surface area contributed by atoms with E-state index in [-0.39, 0.29) is 24.0 Å². The van der Waals surface area contributed by atoms with Crippen molar-refractivity contribution >= 4 is 29.9 Å². The second kappa shape index (κ2) is 11.6. The highest BCUT2D eigenvalue weighted by molar-refractivity contribution is 14.0. The first-order valence-corrected chi connectivity index (χ1v) is 9.43. The normalized spacial score (nSPS) is 17.0. The van der Waals surface area contributed by atoms with Gasteiger partial charge >= 0.3 is 0 Å². The Morgan fingerprint density at radius 2 is 1.96 bits per heavy atom. The number of guanidine groups is 1. The highest BCUT2D eigenvalue weighted by Crippen LogP contribution is 2.32. The summed E-state index contributed by atoms with van der Waals surface area (Å²) in [5.74, 6) is 2.73. The van der Waals surface area contributed by atoms with Gasteiger partial charge in [0.25, 0.3) is 0 Å². The zero-order valence-corrected chi connectivity index (χ0v) is 18.6. The molecular formula is C19H31IN4O3. The van der Waals surface area contributed by atoms with Crippen molar-refractivity contribution in [2.45, 2.75) is 19.9 Å². The SMILES string of the molecule is CCNC(=NCCCOC)N1CCN(Cc2ccc3c(c2)OCO3)CC1.I. The van der Waals surface area contributed by atoms with Gasteiger partial charge in [-0.1, -0.05) is 6.07 Å². The van der Waals surface area contributed by atoms with Crippen LogP contribution >= 0.6 is 24.0 Å². The average molecular weight is 490 g/mol. The first-order chi connectivity index (χ1) is 12.8. The van der Waals surface area contributed by atoms with Gasteiger partial charge in [0.15, 0.2) is 17.5 Å². The molecule has 0 saturated carbocycles. The van der Waals surface area contributed by atoms with Gasteiger partial charge in [0, 0.05) is 59.5 Å². The van der Waals surface area contributed by atoms with E-state index in [0.717, 1.165) is 76.3 Å². The summed E-state index contributed by atoms with van der Waals surface area (Å²) >= 11 is 0. The summed E-state index contributed by atoms with van der Waals surface area (Å²) in [6.45, 7) is 9.84. The minimum atomic E-state index is 0. The minimum absolute atomic E-state index is 0. The van der Waals surface area contributed by atoms with Crippen molar-refractivity contribution in [3.8, 4) is 11.5 Å². The Balaban J connectivity index is 0.00000261. The molecule has 2 heterocycles. The van der Waals surface area contributed by atoms with Gasteiger partial charge in [0.05, 0.1) is 0 Å². The Hall–Kier alpha value is -1.26. The average Bonchev–Trinajstić information content (AvgIpc) is 3.13. The van der Waals surface area contributed by atoms with Crippen molar-refractivity contribution in [3.63, 3.8) is 0 Å². The lowest BCUT2D eigenvalue weighted by atomic mass is 10.1. The van der Waals surface area contributed by atoms with Crippen molar-refractivity contribution in [1.82, 2.24) is 15.1 Å². The molecule has 0 amide bonds. The van der Waals surface area contributed by atoms with Crippen LogP contribution in [-0.2, 0) is 11.3 Å². The molecule has 8 heteroatoms. The van der Waals surface area contributed by atoms with Crippen molar-refractivity contribution in [2.75, 3.05) is 59.8 Å². The quantitative estimate of drug-likeness (QED) is 0.274. The molecule has 27 heavy (non-hydrogen) atoms. The highest BCUT2D eigenvalue weighted by atomic mass is 127. The van der Waals surface area contributed by atoms with Crippen molar-refractivity contribution in [3.05, 3.63) is 23.8 Å². The Morgan fingerprint density at radius 1 is 1.19 bits per heavy atom. The lowest BCUT2D eigenvalue weighted by molar-refractivity contribution is 0.170. The molecule has 1 fully saturated rings. The summed E-state index contributed by atoms with van der Waals surface area (Å²) in [7, 11) is 1.73. The molecule has 0 bridgehead atoms. The maximum Gasteiger partial charge on any atom is 0.231 e. The van der Waals surface area contributed by atoms with Crippen molar-refractivity contribution in [2.24, 2.45) is 4.99 Å². The zero-order chi connectivity index (χ0) is 18.2. The predicted octanol–water partition coefficient (Wildman–Crippen LogP) is 2.15. The van der Waals surface area contributed by atoms with Crippen LogP contribution in [0.1, 0.15) is 18.9 Å². The van der Waals surface area contributed by atoms with Crippen LogP contribution in [0, 0.1) is 0 Å². The molecule has 0 spiro atoms. The number of methoxy groups -OCH3 is 1. The lowest BCUT2D eigenvalue weighted by Gasteiger charge is -2.36. The van der Waals surface area contributed by atoms with Crippen LogP contribution in [0.2, 0.25) is 0 Å². The maximum atomic E-state index is 5.48. The Morgan fingerprint density at radius 3 is 2.70 bits per heavy atom. The first kappa shape index (κ1) is 22.0. The number of halogens is 1. The number of hydrogen-bond donors (Lipinski definition) is 1. The van der Waals surface area contributed by atoms with Gasteiger partial charge in [0.2, 0.25) is 6.79 Å². The van der Waals surface area contributed by atoms with Gasteiger partial charge in [-0.2, -0.15) is 0 Å². The molecule has 2 aliphatic heterocycles. The Labute approximate surface area is 179 Å². The maximum absolute atomic E-state index is 5.48. The van der Waals surface area contributed by atoms with Crippen LogP contribution in [0.3, 0.4) is 0 Å². The summed E-state index contributed by atoms with van der Waals surface area (Å²) < 4.78 is 16.0. The molecule has 0 aromatic heterocycles. The number of benzene rings is 1. The second-order valence-corrected chi connectivity index (χ2v) is 6.53. The van der Waals surface area contributed by atoms with Crippen molar-refractivity contribution < 1.29 is 14.2 Å². The van der Waals surface area contributed by atoms with Crippen LogP contribution < -0.4 is 14.8 Å². The number of fused-ring (bicyclic) bond motifs is 1. The van der Waals surface area contributed by atoms with Gasteiger partial charge in [-0.3, -0.25) is 9.89 Å². The third-order valence-corrected chi connectivity index (χ3v) is 4.62. The van der Waals surface area contributed by atoms with E-state index in [1.54, 1.807) is 7.11 Å². The largest absolute Gasteiger partial charge is 0.454 e. The van der Waals surface area contributed by atoms with Gasteiger partial charge in [0.1, 0.15) is 0 Å². The summed E-state index contributed by atoms with van der Waals surface area (Å²) in [5, 5.41) is 3.41. The number of hydrogen-bond acceptors (Lipinski definition) is 5. The van der Waals surface area contributed by atoms with Crippen LogP contribution in [-0.4, -0.2) is 75.5 Å². The molecule has 0 aliphatic carbocycles. The summed E-state index contributed by atoms with van der Waals surface area (Å²) in [6.07, 6.45) is 0.954. The van der Waals surface area contributed by atoms with Crippen LogP contribution in [0.25, 0.3) is 0 Å². The van der Waals surface area contributed by atoms with Gasteiger partial charge in [-0.05, 0) is 31.0 Å². The van der Waals surface area contributed by atoms with E-state index in [1.807, 2.05) is 6.07 Å². The second-order valence-electron chi connectivity index (χ2n) is 6.53. The van der Waals surface area contributed by atoms with Crippen LogP contribution in [0.15, 0.2) is 23.2 Å². The highest BCUT2D eigenvalue weighted by Gasteiger charge is 2.20. The summed E-state index contributed by atoms with van der Waals surface area (Å²) in [6, 6.07) is 6.22. The molecule has 0 unspecified atom stereocenters. The van der Waals surface area contributed by atoms with E-state index in [9.17, 15) is 0 Å². The zero-order valence-electron chi connectivity index (χ0n) is 16.3. The van der Waals surface area contributed by atoms with Gasteiger partial charge in [-0.15, -0.1) is 24.0 Å². The number of rotatable bonds is 7. The number of aliphatic imine (C=N–C) groups is 1. The van der Waals surface area contributed by atoms with E-state index < -0.39 is 0 Å². The number of piperazine rings is 1. The molecule has 1 aromatic rings. The van der Waals surface area contributed by atoms with E-state index >= 15 is 0 Å². The third-order valence-electron chi connectivity index (χ3n) is 4.62. The molecular weight excluding hydrogens is 459 g/mol. The molecule has 3 rings (SSSR count). The Kier molecular flexibility index (Phi) is 9.43. The summed E-state index contributed by atoms with van der Waals surface area (Å²) in [4.78, 5) is 9.55. The van der Waals surface area contributed by atoms with Gasteiger partial charge < -0.3 is 24.4 Å². The van der Waals surface area contributed by atoms with E-state index in [4.69, 9.17) is 19.2 Å². The molecule has 0 radical (unpaired) electrons. The smallest absolute Gasteiger partial charge is 0.231 e.